The maximum absolute atomic E-state index is 13.9. The van der Waals surface area contributed by atoms with Gasteiger partial charge in [-0.25, -0.2) is 9.18 Å². The van der Waals surface area contributed by atoms with Crippen LogP contribution in [0, 0.1) is 11.7 Å². The first kappa shape index (κ1) is 18.8. The lowest BCUT2D eigenvalue weighted by Gasteiger charge is -2.39. The van der Waals surface area contributed by atoms with E-state index in [-0.39, 0.29) is 36.0 Å². The number of anilines is 1. The van der Waals surface area contributed by atoms with Crippen LogP contribution in [0.15, 0.2) is 16.6 Å². The summed E-state index contributed by atoms with van der Waals surface area (Å²) in [6, 6.07) is 3.07. The van der Waals surface area contributed by atoms with E-state index in [0.29, 0.717) is 36.9 Å². The monoisotopic (exact) mass is 464 g/mol. The van der Waals surface area contributed by atoms with Gasteiger partial charge in [-0.1, -0.05) is 0 Å². The van der Waals surface area contributed by atoms with Gasteiger partial charge in [0.2, 0.25) is 5.91 Å². The second-order valence-electron chi connectivity index (χ2n) is 8.44. The van der Waals surface area contributed by atoms with Crippen LogP contribution < -0.4 is 15.5 Å². The number of piperazine rings is 1. The van der Waals surface area contributed by atoms with Crippen LogP contribution in [0.5, 0.6) is 0 Å². The predicted octanol–water partition coefficient (Wildman–Crippen LogP) is 1.93. The molecule has 1 aromatic carbocycles. The van der Waals surface area contributed by atoms with Gasteiger partial charge in [0, 0.05) is 31.7 Å². The van der Waals surface area contributed by atoms with Crippen molar-refractivity contribution in [1.29, 1.82) is 0 Å². The quantitative estimate of drug-likeness (QED) is 0.667. The maximum atomic E-state index is 13.9. The van der Waals surface area contributed by atoms with Gasteiger partial charge < -0.3 is 15.1 Å². The van der Waals surface area contributed by atoms with Crippen molar-refractivity contribution in [2.45, 2.75) is 43.7 Å². The van der Waals surface area contributed by atoms with Gasteiger partial charge in [-0.05, 0) is 65.2 Å². The van der Waals surface area contributed by atoms with Gasteiger partial charge >= 0.3 is 6.03 Å². The van der Waals surface area contributed by atoms with Crippen LogP contribution >= 0.6 is 15.9 Å². The molecule has 3 aliphatic heterocycles. The Bertz CT molecular complexity index is 921. The van der Waals surface area contributed by atoms with Crippen LogP contribution in [0.4, 0.5) is 14.9 Å². The molecule has 0 aromatic heterocycles. The Kier molecular flexibility index (Phi) is 4.34. The fourth-order valence-electron chi connectivity index (χ4n) is 5.05. The first-order valence-electron chi connectivity index (χ1n) is 10.0. The molecule has 2 atom stereocenters. The van der Waals surface area contributed by atoms with Crippen LogP contribution in [0.25, 0.3) is 0 Å². The largest absolute Gasteiger partial charge is 0.364 e. The van der Waals surface area contributed by atoms with Gasteiger partial charge in [0.05, 0.1) is 10.5 Å². The summed E-state index contributed by atoms with van der Waals surface area (Å²) in [7, 11) is 0. The fraction of sp³-hybridized carbons (Fsp3) is 0.550. The van der Waals surface area contributed by atoms with Crippen molar-refractivity contribution in [3.05, 3.63) is 28.0 Å². The molecule has 29 heavy (non-hydrogen) atoms. The zero-order valence-electron chi connectivity index (χ0n) is 15.8. The van der Waals surface area contributed by atoms with E-state index in [2.05, 4.69) is 31.5 Å². The lowest BCUT2D eigenvalue weighted by molar-refractivity contribution is -0.133. The van der Waals surface area contributed by atoms with Gasteiger partial charge in [-0.15, -0.1) is 0 Å². The normalized spacial score (nSPS) is 28.1. The van der Waals surface area contributed by atoms with Gasteiger partial charge in [-0.3, -0.25) is 14.9 Å². The topological polar surface area (TPSA) is 81.8 Å². The third-order valence-corrected chi connectivity index (χ3v) is 7.31. The standard InChI is InChI=1S/C20H22BrFN4O3/c21-14-9-16-11(8-15(14)22)7-13-10-25(5-6-26(13)16)17(27)3-4-20(12-1-2-12)18(28)23-19(29)24-20/h8-9,12-13H,1-7,10H2,(H2,23,24,28,29)/t13-,20+/m1/s1. The summed E-state index contributed by atoms with van der Waals surface area (Å²) in [6.45, 7) is 1.88. The molecule has 3 fully saturated rings. The smallest absolute Gasteiger partial charge is 0.322 e. The zero-order chi connectivity index (χ0) is 20.3. The van der Waals surface area contributed by atoms with Crippen LogP contribution in [0.1, 0.15) is 31.2 Å². The molecular formula is C20H22BrFN4O3. The van der Waals surface area contributed by atoms with E-state index in [0.717, 1.165) is 24.1 Å². The number of hydrogen-bond donors (Lipinski definition) is 2. The number of benzene rings is 1. The highest BCUT2D eigenvalue weighted by molar-refractivity contribution is 9.10. The van der Waals surface area contributed by atoms with Crippen LogP contribution in [0.2, 0.25) is 0 Å². The molecule has 1 saturated carbocycles. The van der Waals surface area contributed by atoms with Crippen molar-refractivity contribution < 1.29 is 18.8 Å². The first-order chi connectivity index (χ1) is 13.9. The predicted molar refractivity (Wildman–Crippen MR) is 107 cm³/mol. The SMILES string of the molecule is O=C1NC(=O)[C@](CCC(=O)N2CCN3c4cc(Br)c(F)cc4C[C@@H]3C2)(C2CC2)N1. The first-order valence-corrected chi connectivity index (χ1v) is 10.8. The Balaban J connectivity index is 1.24. The third-order valence-electron chi connectivity index (χ3n) is 6.70. The zero-order valence-corrected chi connectivity index (χ0v) is 17.4. The molecule has 0 bridgehead atoms. The van der Waals surface area contributed by atoms with E-state index in [1.54, 1.807) is 6.07 Å². The van der Waals surface area contributed by atoms with Crippen molar-refractivity contribution in [3.63, 3.8) is 0 Å². The third kappa shape index (κ3) is 3.10. The number of nitrogens with one attached hydrogen (secondary N) is 2. The highest BCUT2D eigenvalue weighted by Gasteiger charge is 2.55. The number of imide groups is 1. The molecule has 3 heterocycles. The molecule has 1 aromatic rings. The Hall–Kier alpha value is -2.16. The molecule has 0 spiro atoms. The van der Waals surface area contributed by atoms with Crippen molar-refractivity contribution in [3.8, 4) is 0 Å². The number of rotatable bonds is 4. The number of fused-ring (bicyclic) bond motifs is 3. The molecule has 4 amide bonds. The van der Waals surface area contributed by atoms with Gasteiger partial charge in [0.25, 0.3) is 5.91 Å². The van der Waals surface area contributed by atoms with E-state index < -0.39 is 11.6 Å². The van der Waals surface area contributed by atoms with Gasteiger partial charge in [0.1, 0.15) is 11.4 Å². The summed E-state index contributed by atoms with van der Waals surface area (Å²) in [4.78, 5) is 41.0. The number of nitrogens with zero attached hydrogens (tertiary/aromatic N) is 2. The summed E-state index contributed by atoms with van der Waals surface area (Å²) in [6.07, 6.45) is 3.06. The Labute approximate surface area is 176 Å². The summed E-state index contributed by atoms with van der Waals surface area (Å²) in [5.41, 5.74) is 1.08. The van der Waals surface area contributed by atoms with E-state index in [4.69, 9.17) is 0 Å². The fourth-order valence-corrected chi connectivity index (χ4v) is 5.38. The maximum Gasteiger partial charge on any atom is 0.322 e. The molecule has 7 nitrogen and oxygen atoms in total. The lowest BCUT2D eigenvalue weighted by atomic mass is 9.87. The minimum atomic E-state index is -0.929. The molecule has 5 rings (SSSR count). The second-order valence-corrected chi connectivity index (χ2v) is 9.29. The molecular weight excluding hydrogens is 443 g/mol. The second kappa shape index (κ2) is 6.68. The van der Waals surface area contributed by atoms with Crippen molar-refractivity contribution in [1.82, 2.24) is 15.5 Å². The van der Waals surface area contributed by atoms with E-state index in [9.17, 15) is 18.8 Å². The number of carbonyl (C=O) groups is 3. The van der Waals surface area contributed by atoms with Crippen LogP contribution in [-0.2, 0) is 16.0 Å². The van der Waals surface area contributed by atoms with E-state index >= 15 is 0 Å². The number of halogens is 2. The summed E-state index contributed by atoms with van der Waals surface area (Å²) in [5, 5.41) is 5.11. The number of amides is 4. The van der Waals surface area contributed by atoms with Gasteiger partial charge in [0.15, 0.2) is 0 Å². The molecule has 0 radical (unpaired) electrons. The van der Waals surface area contributed by atoms with Crippen LogP contribution in [-0.4, -0.2) is 54.0 Å². The number of carbonyl (C=O) groups excluding carboxylic acids is 3. The minimum absolute atomic E-state index is 0.00180. The summed E-state index contributed by atoms with van der Waals surface area (Å²) < 4.78 is 14.3. The Morgan fingerprint density at radius 2 is 2.07 bits per heavy atom. The van der Waals surface area contributed by atoms with Crippen molar-refractivity contribution in [2.75, 3.05) is 24.5 Å². The highest BCUT2D eigenvalue weighted by Crippen LogP contribution is 2.44. The Morgan fingerprint density at radius 1 is 1.28 bits per heavy atom. The average Bonchev–Trinajstić information content (AvgIpc) is 3.42. The highest BCUT2D eigenvalue weighted by atomic mass is 79.9. The van der Waals surface area contributed by atoms with Crippen molar-refractivity contribution >= 4 is 39.5 Å². The Morgan fingerprint density at radius 3 is 2.76 bits per heavy atom. The molecule has 2 saturated heterocycles. The number of hydrogen-bond acceptors (Lipinski definition) is 4. The molecule has 0 unspecified atom stereocenters. The average molecular weight is 465 g/mol. The lowest BCUT2D eigenvalue weighted by Crippen LogP contribution is -2.54. The molecule has 154 valence electrons. The molecule has 4 aliphatic rings. The van der Waals surface area contributed by atoms with Gasteiger partial charge in [-0.2, -0.15) is 0 Å². The number of urea groups is 1. The molecule has 1 aliphatic carbocycles. The molecule has 2 N–H and O–H groups in total. The summed E-state index contributed by atoms with van der Waals surface area (Å²) >= 11 is 3.26. The van der Waals surface area contributed by atoms with Crippen LogP contribution in [0.3, 0.4) is 0 Å². The molecule has 9 heteroatoms. The van der Waals surface area contributed by atoms with E-state index in [1.807, 2.05) is 11.0 Å². The van der Waals surface area contributed by atoms with Crippen molar-refractivity contribution in [2.24, 2.45) is 5.92 Å². The minimum Gasteiger partial charge on any atom is -0.364 e. The van der Waals surface area contributed by atoms with E-state index in [1.165, 1.54) is 0 Å². The summed E-state index contributed by atoms with van der Waals surface area (Å²) in [5.74, 6) is -0.446.